The minimum absolute atomic E-state index is 0.0890. The van der Waals surface area contributed by atoms with Crippen molar-refractivity contribution in [1.82, 2.24) is 0 Å². The lowest BCUT2D eigenvalue weighted by atomic mass is 10.1. The van der Waals surface area contributed by atoms with Crippen LogP contribution in [0.15, 0.2) is 41.9 Å². The normalized spacial score (nSPS) is 12.3. The van der Waals surface area contributed by atoms with Crippen LogP contribution in [0.2, 0.25) is 0 Å². The summed E-state index contributed by atoms with van der Waals surface area (Å²) >= 11 is 0. The fourth-order valence-electron chi connectivity index (χ4n) is 1.43. The third-order valence-electron chi connectivity index (χ3n) is 2.35. The number of ether oxygens (including phenoxy) is 1. The molecule has 1 rings (SSSR count). The second kappa shape index (κ2) is 7.24. The third-order valence-corrected chi connectivity index (χ3v) is 4.13. The maximum Gasteiger partial charge on any atom is 0.395 e. The van der Waals surface area contributed by atoms with Crippen molar-refractivity contribution in [2.75, 3.05) is 14.2 Å². The number of carbonyl (C=O) groups is 1. The van der Waals surface area contributed by atoms with E-state index in [1.54, 1.807) is 0 Å². The first-order chi connectivity index (χ1) is 9.01. The van der Waals surface area contributed by atoms with Crippen molar-refractivity contribution in [2.45, 2.75) is 13.3 Å². The zero-order valence-electron chi connectivity index (χ0n) is 11.2. The van der Waals surface area contributed by atoms with Gasteiger partial charge in [-0.2, -0.15) is 0 Å². The molecule has 0 fully saturated rings. The Morgan fingerprint density at radius 3 is 2.26 bits per heavy atom. The van der Waals surface area contributed by atoms with Crippen LogP contribution in [-0.2, 0) is 29.6 Å². The average molecular weight is 284 g/mol. The molecule has 0 aliphatic carbocycles. The zero-order chi connectivity index (χ0) is 14.3. The van der Waals surface area contributed by atoms with Crippen molar-refractivity contribution < 1.29 is 23.1 Å². The predicted octanol–water partition coefficient (Wildman–Crippen LogP) is 3.12. The lowest BCUT2D eigenvalue weighted by Gasteiger charge is -2.16. The Bertz CT molecular complexity index is 487. The van der Waals surface area contributed by atoms with Gasteiger partial charge in [0.15, 0.2) is 0 Å². The number of esters is 1. The van der Waals surface area contributed by atoms with Crippen LogP contribution < -0.4 is 0 Å². The number of hydrogen-bond acceptors (Lipinski definition) is 5. The number of benzene rings is 1. The summed E-state index contributed by atoms with van der Waals surface area (Å²) in [6.45, 7) is 1.23. The standard InChI is InChI=1S/C13H17O5P/c1-11(14)18-13(19(15,16-2)17-3)10-9-12-7-5-4-6-8-12/h4-8,10H,9H2,1-3H3/b13-10+. The van der Waals surface area contributed by atoms with E-state index in [1.165, 1.54) is 27.2 Å². The van der Waals surface area contributed by atoms with E-state index < -0.39 is 13.6 Å². The molecule has 0 saturated heterocycles. The molecule has 0 amide bonds. The fourth-order valence-corrected chi connectivity index (χ4v) is 2.49. The molecule has 0 unspecified atom stereocenters. The molecule has 0 aliphatic heterocycles. The van der Waals surface area contributed by atoms with Gasteiger partial charge in [-0.25, -0.2) is 0 Å². The number of rotatable bonds is 6. The third kappa shape index (κ3) is 4.63. The summed E-state index contributed by atoms with van der Waals surface area (Å²) in [4.78, 5) is 11.0. The van der Waals surface area contributed by atoms with Gasteiger partial charge in [0.25, 0.3) is 0 Å². The molecule has 19 heavy (non-hydrogen) atoms. The van der Waals surface area contributed by atoms with E-state index in [4.69, 9.17) is 13.8 Å². The van der Waals surface area contributed by atoms with Crippen molar-refractivity contribution in [2.24, 2.45) is 0 Å². The van der Waals surface area contributed by atoms with E-state index in [-0.39, 0.29) is 5.50 Å². The molecule has 0 aromatic heterocycles. The lowest BCUT2D eigenvalue weighted by Crippen LogP contribution is -2.03. The van der Waals surface area contributed by atoms with Crippen LogP contribution >= 0.6 is 7.60 Å². The topological polar surface area (TPSA) is 61.8 Å². The molecular weight excluding hydrogens is 267 g/mol. The molecule has 0 bridgehead atoms. The van der Waals surface area contributed by atoms with E-state index in [9.17, 15) is 9.36 Å². The van der Waals surface area contributed by atoms with Gasteiger partial charge in [-0.1, -0.05) is 30.3 Å². The second-order valence-corrected chi connectivity index (χ2v) is 5.85. The number of carbonyl (C=O) groups excluding carboxylic acids is 1. The quantitative estimate of drug-likeness (QED) is 0.456. The molecule has 1 aromatic carbocycles. The number of hydrogen-bond donors (Lipinski definition) is 0. The summed E-state index contributed by atoms with van der Waals surface area (Å²) < 4.78 is 26.8. The fraction of sp³-hybridized carbons (Fsp3) is 0.308. The van der Waals surface area contributed by atoms with Gasteiger partial charge >= 0.3 is 13.6 Å². The van der Waals surface area contributed by atoms with Gasteiger partial charge in [0.2, 0.25) is 5.50 Å². The highest BCUT2D eigenvalue weighted by Gasteiger charge is 2.30. The first kappa shape index (κ1) is 15.6. The van der Waals surface area contributed by atoms with Crippen molar-refractivity contribution in [3.8, 4) is 0 Å². The Balaban J connectivity index is 2.97. The minimum Gasteiger partial charge on any atom is -0.418 e. The van der Waals surface area contributed by atoms with Crippen molar-refractivity contribution in [3.05, 3.63) is 47.5 Å². The summed E-state index contributed by atoms with van der Waals surface area (Å²) in [5, 5.41) is 0. The molecule has 0 heterocycles. The summed E-state index contributed by atoms with van der Waals surface area (Å²) in [5.74, 6) is -0.575. The minimum atomic E-state index is -3.56. The van der Waals surface area contributed by atoms with Crippen molar-refractivity contribution >= 4 is 13.6 Å². The van der Waals surface area contributed by atoms with Gasteiger partial charge in [-0.05, 0) is 18.1 Å². The van der Waals surface area contributed by atoms with Gasteiger partial charge in [0, 0.05) is 21.1 Å². The van der Waals surface area contributed by atoms with Crippen molar-refractivity contribution in [1.29, 1.82) is 0 Å². The van der Waals surface area contributed by atoms with Gasteiger partial charge in [0.1, 0.15) is 0 Å². The van der Waals surface area contributed by atoms with Gasteiger partial charge < -0.3 is 13.8 Å². The van der Waals surface area contributed by atoms with Crippen LogP contribution in [0.1, 0.15) is 12.5 Å². The first-order valence-corrected chi connectivity index (χ1v) is 7.20. The van der Waals surface area contributed by atoms with E-state index in [2.05, 4.69) is 0 Å². The second-order valence-electron chi connectivity index (χ2n) is 3.69. The smallest absolute Gasteiger partial charge is 0.395 e. The molecule has 0 saturated carbocycles. The Kier molecular flexibility index (Phi) is 5.96. The summed E-state index contributed by atoms with van der Waals surface area (Å²) in [6.07, 6.45) is 1.99. The van der Waals surface area contributed by atoms with Crippen LogP contribution in [0.4, 0.5) is 0 Å². The van der Waals surface area contributed by atoms with Crippen molar-refractivity contribution in [3.63, 3.8) is 0 Å². The zero-order valence-corrected chi connectivity index (χ0v) is 12.1. The van der Waals surface area contributed by atoms with Gasteiger partial charge in [-0.3, -0.25) is 9.36 Å². The molecule has 0 atom stereocenters. The molecular formula is C13H17O5P. The van der Waals surface area contributed by atoms with Crippen LogP contribution in [-0.4, -0.2) is 20.2 Å². The maximum atomic E-state index is 12.2. The van der Waals surface area contributed by atoms with E-state index in [1.807, 2.05) is 30.3 Å². The Labute approximate surface area is 112 Å². The summed E-state index contributed by atoms with van der Waals surface area (Å²) in [5.41, 5.74) is 0.903. The monoisotopic (exact) mass is 284 g/mol. The number of allylic oxidation sites excluding steroid dienone is 1. The molecule has 5 nitrogen and oxygen atoms in total. The highest BCUT2D eigenvalue weighted by atomic mass is 31.2. The highest BCUT2D eigenvalue weighted by Crippen LogP contribution is 2.55. The molecule has 0 aliphatic rings. The molecule has 0 N–H and O–H groups in total. The van der Waals surface area contributed by atoms with E-state index in [0.717, 1.165) is 5.56 Å². The summed E-state index contributed by atoms with van der Waals surface area (Å²) in [7, 11) is -1.08. The van der Waals surface area contributed by atoms with Crippen LogP contribution in [0.5, 0.6) is 0 Å². The molecule has 1 aromatic rings. The highest BCUT2D eigenvalue weighted by molar-refractivity contribution is 7.58. The SMILES string of the molecule is COP(=O)(OC)/C(=C/Cc1ccccc1)OC(C)=O. The van der Waals surface area contributed by atoms with Crippen LogP contribution in [0.25, 0.3) is 0 Å². The van der Waals surface area contributed by atoms with E-state index >= 15 is 0 Å². The predicted molar refractivity (Wildman–Crippen MR) is 71.6 cm³/mol. The Morgan fingerprint density at radius 2 is 1.79 bits per heavy atom. The van der Waals surface area contributed by atoms with Gasteiger partial charge in [-0.15, -0.1) is 0 Å². The Hall–Kier alpha value is -1.42. The largest absolute Gasteiger partial charge is 0.418 e. The molecule has 6 heteroatoms. The molecule has 0 spiro atoms. The first-order valence-electron chi connectivity index (χ1n) is 5.66. The molecule has 104 valence electrons. The summed E-state index contributed by atoms with van der Waals surface area (Å²) in [6, 6.07) is 9.50. The van der Waals surface area contributed by atoms with Gasteiger partial charge in [0.05, 0.1) is 0 Å². The van der Waals surface area contributed by atoms with E-state index in [0.29, 0.717) is 6.42 Å². The lowest BCUT2D eigenvalue weighted by molar-refractivity contribution is -0.136. The average Bonchev–Trinajstić information content (AvgIpc) is 2.43. The van der Waals surface area contributed by atoms with Crippen LogP contribution in [0, 0.1) is 0 Å². The Morgan fingerprint density at radius 1 is 1.21 bits per heavy atom. The van der Waals surface area contributed by atoms with Crippen LogP contribution in [0.3, 0.4) is 0 Å². The molecule has 0 radical (unpaired) electrons. The maximum absolute atomic E-state index is 12.2.